The van der Waals surface area contributed by atoms with Gasteiger partial charge >= 0.3 is 0 Å². The zero-order chi connectivity index (χ0) is 12.9. The predicted molar refractivity (Wildman–Crippen MR) is 72.0 cm³/mol. The molecule has 2 aromatic rings. The van der Waals surface area contributed by atoms with E-state index in [4.69, 9.17) is 0 Å². The molecule has 1 amide bonds. The van der Waals surface area contributed by atoms with Gasteiger partial charge in [0.15, 0.2) is 6.23 Å². The molecule has 92 valence electrons. The van der Waals surface area contributed by atoms with Crippen LogP contribution in [0.1, 0.15) is 31.9 Å². The van der Waals surface area contributed by atoms with Gasteiger partial charge in [-0.3, -0.25) is 9.69 Å². The van der Waals surface area contributed by atoms with Crippen LogP contribution < -0.4 is 4.90 Å². The normalized spacial score (nSPS) is 18.3. The van der Waals surface area contributed by atoms with Crippen molar-refractivity contribution >= 4 is 22.9 Å². The Morgan fingerprint density at radius 1 is 1.17 bits per heavy atom. The first-order valence-electron chi connectivity index (χ1n) is 5.78. The maximum atomic E-state index is 12.4. The summed E-state index contributed by atoms with van der Waals surface area (Å²) in [6, 6.07) is 9.28. The van der Waals surface area contributed by atoms with E-state index in [0.717, 1.165) is 21.0 Å². The minimum atomic E-state index is -0.861. The number of carbonyl (C=O) groups is 1. The van der Waals surface area contributed by atoms with Crippen LogP contribution >= 0.6 is 11.3 Å². The SMILES string of the molecule is Cc1sc(C)c2c1C(=O)N(c1ccccc1)C2O. The maximum Gasteiger partial charge on any atom is 0.262 e. The first-order chi connectivity index (χ1) is 8.61. The first kappa shape index (κ1) is 11.4. The van der Waals surface area contributed by atoms with Crippen molar-refractivity contribution in [3.8, 4) is 0 Å². The number of thiophene rings is 1. The minimum absolute atomic E-state index is 0.106. The molecule has 0 spiro atoms. The maximum absolute atomic E-state index is 12.4. The van der Waals surface area contributed by atoms with E-state index >= 15 is 0 Å². The van der Waals surface area contributed by atoms with Gasteiger partial charge in [0.1, 0.15) is 0 Å². The van der Waals surface area contributed by atoms with Crippen LogP contribution in [-0.2, 0) is 0 Å². The summed E-state index contributed by atoms with van der Waals surface area (Å²) in [6.07, 6.45) is -0.861. The molecule has 4 heteroatoms. The van der Waals surface area contributed by atoms with Gasteiger partial charge in [0.2, 0.25) is 0 Å². The molecule has 3 rings (SSSR count). The Morgan fingerprint density at radius 2 is 1.83 bits per heavy atom. The van der Waals surface area contributed by atoms with E-state index in [1.54, 1.807) is 11.3 Å². The van der Waals surface area contributed by atoms with Crippen LogP contribution in [0.3, 0.4) is 0 Å². The third-order valence-corrected chi connectivity index (χ3v) is 4.31. The minimum Gasteiger partial charge on any atom is -0.369 e. The van der Waals surface area contributed by atoms with Gasteiger partial charge in [-0.05, 0) is 26.0 Å². The Hall–Kier alpha value is -1.65. The molecular formula is C14H13NO2S. The fourth-order valence-corrected chi connectivity index (χ4v) is 3.56. The summed E-state index contributed by atoms with van der Waals surface area (Å²) >= 11 is 1.57. The summed E-state index contributed by atoms with van der Waals surface area (Å²) in [6.45, 7) is 3.87. The Kier molecular flexibility index (Phi) is 2.50. The van der Waals surface area contributed by atoms with Gasteiger partial charge in [-0.2, -0.15) is 0 Å². The molecule has 2 heterocycles. The van der Waals surface area contributed by atoms with Gasteiger partial charge < -0.3 is 5.11 Å². The molecular weight excluding hydrogens is 246 g/mol. The Bertz CT molecular complexity index is 618. The molecule has 0 saturated heterocycles. The van der Waals surface area contributed by atoms with Crippen molar-refractivity contribution in [3.05, 3.63) is 51.2 Å². The van der Waals surface area contributed by atoms with E-state index in [2.05, 4.69) is 0 Å². The van der Waals surface area contributed by atoms with E-state index in [-0.39, 0.29) is 5.91 Å². The van der Waals surface area contributed by atoms with E-state index in [9.17, 15) is 9.90 Å². The molecule has 18 heavy (non-hydrogen) atoms. The number of fused-ring (bicyclic) bond motifs is 1. The lowest BCUT2D eigenvalue weighted by Gasteiger charge is -2.21. The van der Waals surface area contributed by atoms with Crippen molar-refractivity contribution in [1.82, 2.24) is 0 Å². The number of anilines is 1. The quantitative estimate of drug-likeness (QED) is 0.855. The lowest BCUT2D eigenvalue weighted by Crippen LogP contribution is -2.27. The molecule has 1 unspecified atom stereocenters. The second-order valence-electron chi connectivity index (χ2n) is 4.39. The number of rotatable bonds is 1. The summed E-state index contributed by atoms with van der Waals surface area (Å²) in [5, 5.41) is 10.4. The van der Waals surface area contributed by atoms with Gasteiger partial charge in [-0.15, -0.1) is 11.3 Å². The third-order valence-electron chi connectivity index (χ3n) is 3.28. The summed E-state index contributed by atoms with van der Waals surface area (Å²) in [4.78, 5) is 15.9. The van der Waals surface area contributed by atoms with Crippen LogP contribution in [0.4, 0.5) is 5.69 Å². The van der Waals surface area contributed by atoms with Crippen molar-refractivity contribution < 1.29 is 9.90 Å². The molecule has 0 aliphatic carbocycles. The third kappa shape index (κ3) is 1.43. The van der Waals surface area contributed by atoms with E-state index in [0.29, 0.717) is 5.56 Å². The number of hydrogen-bond acceptors (Lipinski definition) is 3. The molecule has 1 atom stereocenters. The summed E-state index contributed by atoms with van der Waals surface area (Å²) in [5.41, 5.74) is 2.18. The number of nitrogens with zero attached hydrogens (tertiary/aromatic N) is 1. The molecule has 1 aromatic heterocycles. The Balaban J connectivity index is 2.13. The lowest BCUT2D eigenvalue weighted by atomic mass is 10.1. The number of aliphatic hydroxyl groups excluding tert-OH is 1. The largest absolute Gasteiger partial charge is 0.369 e. The summed E-state index contributed by atoms with van der Waals surface area (Å²) in [7, 11) is 0. The van der Waals surface area contributed by atoms with Crippen LogP contribution in [0.15, 0.2) is 30.3 Å². The zero-order valence-corrected chi connectivity index (χ0v) is 11.0. The molecule has 1 aliphatic rings. The zero-order valence-electron chi connectivity index (χ0n) is 10.2. The number of benzene rings is 1. The number of para-hydroxylation sites is 1. The van der Waals surface area contributed by atoms with E-state index in [1.165, 1.54) is 4.90 Å². The molecule has 0 radical (unpaired) electrons. The Labute approximate surface area is 109 Å². The molecule has 3 nitrogen and oxygen atoms in total. The lowest BCUT2D eigenvalue weighted by molar-refractivity contribution is 0.0935. The van der Waals surface area contributed by atoms with Crippen LogP contribution in [0, 0.1) is 13.8 Å². The van der Waals surface area contributed by atoms with Crippen molar-refractivity contribution in [1.29, 1.82) is 0 Å². The van der Waals surface area contributed by atoms with Crippen molar-refractivity contribution in [2.24, 2.45) is 0 Å². The second-order valence-corrected chi connectivity index (χ2v) is 5.82. The van der Waals surface area contributed by atoms with Gasteiger partial charge in [-0.1, -0.05) is 18.2 Å². The second kappa shape index (κ2) is 3.93. The number of amides is 1. The highest BCUT2D eigenvalue weighted by molar-refractivity contribution is 7.12. The molecule has 0 fully saturated rings. The van der Waals surface area contributed by atoms with Gasteiger partial charge in [0.05, 0.1) is 5.56 Å². The highest BCUT2D eigenvalue weighted by Crippen LogP contribution is 2.42. The summed E-state index contributed by atoms with van der Waals surface area (Å²) in [5.74, 6) is -0.106. The Morgan fingerprint density at radius 3 is 2.44 bits per heavy atom. The fraction of sp³-hybridized carbons (Fsp3) is 0.214. The van der Waals surface area contributed by atoms with Crippen molar-refractivity contribution in [2.45, 2.75) is 20.1 Å². The molecule has 1 N–H and O–H groups in total. The van der Waals surface area contributed by atoms with Gasteiger partial charge in [0.25, 0.3) is 5.91 Å². The molecule has 0 bridgehead atoms. The topological polar surface area (TPSA) is 40.5 Å². The number of hydrogen-bond donors (Lipinski definition) is 1. The van der Waals surface area contributed by atoms with Gasteiger partial charge in [0, 0.05) is 21.0 Å². The highest BCUT2D eigenvalue weighted by atomic mass is 32.1. The van der Waals surface area contributed by atoms with E-state index in [1.807, 2.05) is 44.2 Å². The first-order valence-corrected chi connectivity index (χ1v) is 6.59. The molecule has 0 saturated carbocycles. The standard InChI is InChI=1S/C14H13NO2S/c1-8-11-12(9(2)18-8)14(17)15(13(11)16)10-6-4-3-5-7-10/h3-7,13,16H,1-2H3. The number of aliphatic hydroxyl groups is 1. The van der Waals surface area contributed by atoms with Crippen LogP contribution in [0.2, 0.25) is 0 Å². The highest BCUT2D eigenvalue weighted by Gasteiger charge is 2.40. The van der Waals surface area contributed by atoms with Crippen LogP contribution in [0.25, 0.3) is 0 Å². The summed E-state index contributed by atoms with van der Waals surface area (Å²) < 4.78 is 0. The molecule has 1 aliphatic heterocycles. The smallest absolute Gasteiger partial charge is 0.262 e. The molecule has 1 aromatic carbocycles. The van der Waals surface area contributed by atoms with Gasteiger partial charge in [-0.25, -0.2) is 0 Å². The van der Waals surface area contributed by atoms with Crippen LogP contribution in [0.5, 0.6) is 0 Å². The monoisotopic (exact) mass is 259 g/mol. The van der Waals surface area contributed by atoms with Crippen molar-refractivity contribution in [3.63, 3.8) is 0 Å². The number of aryl methyl sites for hydroxylation is 2. The number of carbonyl (C=O) groups excluding carboxylic acids is 1. The average molecular weight is 259 g/mol. The average Bonchev–Trinajstić information content (AvgIpc) is 2.79. The van der Waals surface area contributed by atoms with Crippen LogP contribution in [-0.4, -0.2) is 11.0 Å². The fourth-order valence-electron chi connectivity index (χ4n) is 2.49. The van der Waals surface area contributed by atoms with E-state index < -0.39 is 6.23 Å². The van der Waals surface area contributed by atoms with Crippen molar-refractivity contribution in [2.75, 3.05) is 4.90 Å². The predicted octanol–water partition coefficient (Wildman–Crippen LogP) is 3.02.